The lowest BCUT2D eigenvalue weighted by atomic mass is 10.1. The summed E-state index contributed by atoms with van der Waals surface area (Å²) in [7, 11) is 0. The molecule has 0 amide bonds. The number of aliphatic hydroxyl groups excluding tert-OH is 1. The Labute approximate surface area is 129 Å². The van der Waals surface area contributed by atoms with Crippen LogP contribution in [0.1, 0.15) is 42.0 Å². The molecule has 0 aliphatic carbocycles. The zero-order chi connectivity index (χ0) is 14.8. The summed E-state index contributed by atoms with van der Waals surface area (Å²) in [5.41, 5.74) is 1.79. The van der Waals surface area contributed by atoms with E-state index in [4.69, 9.17) is 16.1 Å². The second-order valence-electron chi connectivity index (χ2n) is 5.59. The molecule has 4 nitrogen and oxygen atoms in total. The normalized spacial score (nSPS) is 20.8. The highest BCUT2D eigenvalue weighted by molar-refractivity contribution is 6.30. The highest BCUT2D eigenvalue weighted by Crippen LogP contribution is 2.33. The SMILES string of the molecule is Cc1cc([C@@H]2CCCN2C[C@H](O)c2ccc(Cl)cc2)on1. The average molecular weight is 307 g/mol. The van der Waals surface area contributed by atoms with Crippen LogP contribution in [0.3, 0.4) is 0 Å². The second-order valence-corrected chi connectivity index (χ2v) is 6.03. The fourth-order valence-corrected chi connectivity index (χ4v) is 3.05. The number of nitrogens with zero attached hydrogens (tertiary/aromatic N) is 2. The fourth-order valence-electron chi connectivity index (χ4n) is 2.92. The van der Waals surface area contributed by atoms with Gasteiger partial charge in [-0.05, 0) is 44.0 Å². The molecule has 1 aromatic carbocycles. The van der Waals surface area contributed by atoms with Gasteiger partial charge in [0.15, 0.2) is 5.76 Å². The zero-order valence-electron chi connectivity index (χ0n) is 12.0. The minimum Gasteiger partial charge on any atom is -0.387 e. The standard InChI is InChI=1S/C16H19ClN2O2/c1-11-9-16(21-18-11)14-3-2-8-19(14)10-15(20)12-4-6-13(17)7-5-12/h4-7,9,14-15,20H,2-3,8,10H2,1H3/t14-,15-/m0/s1. The molecule has 1 aliphatic rings. The summed E-state index contributed by atoms with van der Waals surface area (Å²) < 4.78 is 5.39. The number of likely N-dealkylation sites (tertiary alicyclic amines) is 1. The number of hydrogen-bond donors (Lipinski definition) is 1. The third kappa shape index (κ3) is 3.28. The van der Waals surface area contributed by atoms with Crippen LogP contribution < -0.4 is 0 Å². The Balaban J connectivity index is 1.69. The van der Waals surface area contributed by atoms with Crippen molar-refractivity contribution in [2.75, 3.05) is 13.1 Å². The van der Waals surface area contributed by atoms with Crippen LogP contribution in [-0.4, -0.2) is 28.3 Å². The number of β-amino-alcohol motifs (C(OH)–C–C–N with tert-alkyl or cyclic N) is 1. The van der Waals surface area contributed by atoms with Crippen molar-refractivity contribution in [3.05, 3.63) is 52.4 Å². The van der Waals surface area contributed by atoms with Crippen LogP contribution in [0.25, 0.3) is 0 Å². The largest absolute Gasteiger partial charge is 0.387 e. The van der Waals surface area contributed by atoms with E-state index in [1.54, 1.807) is 12.1 Å². The summed E-state index contributed by atoms with van der Waals surface area (Å²) in [6.45, 7) is 3.48. The molecule has 0 unspecified atom stereocenters. The lowest BCUT2D eigenvalue weighted by molar-refractivity contribution is 0.0983. The fraction of sp³-hybridized carbons (Fsp3) is 0.438. The first-order chi connectivity index (χ1) is 10.1. The maximum Gasteiger partial charge on any atom is 0.154 e. The van der Waals surface area contributed by atoms with E-state index in [1.807, 2.05) is 25.1 Å². The monoisotopic (exact) mass is 306 g/mol. The lowest BCUT2D eigenvalue weighted by Gasteiger charge is -2.25. The number of benzene rings is 1. The van der Waals surface area contributed by atoms with Crippen molar-refractivity contribution >= 4 is 11.6 Å². The Kier molecular flexibility index (Phi) is 4.29. The van der Waals surface area contributed by atoms with Crippen LogP contribution in [0.5, 0.6) is 0 Å². The molecule has 1 aromatic heterocycles. The van der Waals surface area contributed by atoms with Gasteiger partial charge in [-0.3, -0.25) is 4.90 Å². The predicted octanol–water partition coefficient (Wildman–Crippen LogP) is 3.51. The average Bonchev–Trinajstić information content (AvgIpc) is 3.08. The van der Waals surface area contributed by atoms with Crippen molar-refractivity contribution in [2.24, 2.45) is 0 Å². The molecule has 5 heteroatoms. The van der Waals surface area contributed by atoms with Crippen LogP contribution >= 0.6 is 11.6 Å². The van der Waals surface area contributed by atoms with Crippen molar-refractivity contribution < 1.29 is 9.63 Å². The quantitative estimate of drug-likeness (QED) is 0.939. The predicted molar refractivity (Wildman–Crippen MR) is 81.2 cm³/mol. The number of halogens is 1. The van der Waals surface area contributed by atoms with Gasteiger partial charge in [0.05, 0.1) is 17.8 Å². The highest BCUT2D eigenvalue weighted by Gasteiger charge is 2.30. The van der Waals surface area contributed by atoms with Gasteiger partial charge in [-0.2, -0.15) is 0 Å². The summed E-state index contributed by atoms with van der Waals surface area (Å²) in [5, 5.41) is 15.1. The van der Waals surface area contributed by atoms with Crippen LogP contribution in [0, 0.1) is 6.92 Å². The Morgan fingerprint density at radius 1 is 1.43 bits per heavy atom. The van der Waals surface area contributed by atoms with Crippen LogP contribution in [0.15, 0.2) is 34.9 Å². The number of aliphatic hydroxyl groups is 1. The van der Waals surface area contributed by atoms with E-state index in [0.29, 0.717) is 11.6 Å². The van der Waals surface area contributed by atoms with Gasteiger partial charge in [-0.25, -0.2) is 0 Å². The molecule has 1 aliphatic heterocycles. The first-order valence-corrected chi connectivity index (χ1v) is 7.62. The third-order valence-corrected chi connectivity index (χ3v) is 4.25. The van der Waals surface area contributed by atoms with Crippen LogP contribution in [0.4, 0.5) is 0 Å². The van der Waals surface area contributed by atoms with Crippen LogP contribution in [-0.2, 0) is 0 Å². The second kappa shape index (κ2) is 6.18. The minimum atomic E-state index is -0.521. The topological polar surface area (TPSA) is 49.5 Å². The molecule has 0 spiro atoms. The molecule has 1 N–H and O–H groups in total. The van der Waals surface area contributed by atoms with Gasteiger partial charge in [0.25, 0.3) is 0 Å². The molecule has 0 bridgehead atoms. The van der Waals surface area contributed by atoms with Gasteiger partial charge in [0.1, 0.15) is 0 Å². The Morgan fingerprint density at radius 3 is 2.86 bits per heavy atom. The molecular formula is C16H19ClN2O2. The molecule has 1 saturated heterocycles. The van der Waals surface area contributed by atoms with E-state index in [1.165, 1.54) is 0 Å². The van der Waals surface area contributed by atoms with E-state index in [9.17, 15) is 5.11 Å². The maximum absolute atomic E-state index is 10.4. The molecule has 3 rings (SSSR count). The number of aryl methyl sites for hydroxylation is 1. The smallest absolute Gasteiger partial charge is 0.154 e. The van der Waals surface area contributed by atoms with Gasteiger partial charge >= 0.3 is 0 Å². The summed E-state index contributed by atoms with van der Waals surface area (Å²) in [5.74, 6) is 0.897. The molecule has 0 radical (unpaired) electrons. The zero-order valence-corrected chi connectivity index (χ0v) is 12.8. The van der Waals surface area contributed by atoms with Crippen LogP contribution in [0.2, 0.25) is 5.02 Å². The number of rotatable bonds is 4. The molecular weight excluding hydrogens is 288 g/mol. The molecule has 2 atom stereocenters. The Hall–Kier alpha value is -1.36. The summed E-state index contributed by atoms with van der Waals surface area (Å²) in [6.07, 6.45) is 1.63. The van der Waals surface area contributed by atoms with Gasteiger partial charge in [0.2, 0.25) is 0 Å². The summed E-state index contributed by atoms with van der Waals surface area (Å²) in [4.78, 5) is 2.26. The van der Waals surface area contributed by atoms with E-state index < -0.39 is 6.10 Å². The first-order valence-electron chi connectivity index (χ1n) is 7.24. The maximum atomic E-state index is 10.4. The van der Waals surface area contributed by atoms with Crippen molar-refractivity contribution in [3.63, 3.8) is 0 Å². The molecule has 1 fully saturated rings. The molecule has 0 saturated carbocycles. The van der Waals surface area contributed by atoms with Gasteiger partial charge in [-0.15, -0.1) is 0 Å². The summed E-state index contributed by atoms with van der Waals surface area (Å²) in [6, 6.07) is 9.56. The lowest BCUT2D eigenvalue weighted by Crippen LogP contribution is -2.28. The molecule has 21 heavy (non-hydrogen) atoms. The molecule has 112 valence electrons. The van der Waals surface area contributed by atoms with E-state index in [2.05, 4.69) is 10.1 Å². The van der Waals surface area contributed by atoms with Gasteiger partial charge in [-0.1, -0.05) is 28.9 Å². The van der Waals surface area contributed by atoms with Crippen molar-refractivity contribution in [2.45, 2.75) is 31.9 Å². The highest BCUT2D eigenvalue weighted by atomic mass is 35.5. The van der Waals surface area contributed by atoms with E-state index in [-0.39, 0.29) is 6.04 Å². The Morgan fingerprint density at radius 2 is 2.19 bits per heavy atom. The van der Waals surface area contributed by atoms with E-state index >= 15 is 0 Å². The van der Waals surface area contributed by atoms with Crippen molar-refractivity contribution in [3.8, 4) is 0 Å². The van der Waals surface area contributed by atoms with Gasteiger partial charge < -0.3 is 9.63 Å². The minimum absolute atomic E-state index is 0.216. The number of hydrogen-bond acceptors (Lipinski definition) is 4. The molecule has 2 aromatic rings. The van der Waals surface area contributed by atoms with Crippen molar-refractivity contribution in [1.29, 1.82) is 0 Å². The Bertz CT molecular complexity index is 597. The summed E-state index contributed by atoms with van der Waals surface area (Å²) >= 11 is 5.88. The first kappa shape index (κ1) is 14.6. The van der Waals surface area contributed by atoms with Gasteiger partial charge in [0, 0.05) is 17.6 Å². The third-order valence-electron chi connectivity index (χ3n) is 4.00. The van der Waals surface area contributed by atoms with Crippen molar-refractivity contribution in [1.82, 2.24) is 10.1 Å². The van der Waals surface area contributed by atoms with E-state index in [0.717, 1.165) is 36.4 Å². The molecule has 2 heterocycles. The number of aromatic nitrogens is 1.